The minimum Gasteiger partial charge on any atom is -0.381 e. The van der Waals surface area contributed by atoms with Crippen molar-refractivity contribution in [3.8, 4) is 0 Å². The van der Waals surface area contributed by atoms with Gasteiger partial charge in [0.1, 0.15) is 23.7 Å². The van der Waals surface area contributed by atoms with Gasteiger partial charge >= 0.3 is 0 Å². The van der Waals surface area contributed by atoms with E-state index in [0.717, 1.165) is 35.1 Å². The molecule has 16 nitrogen and oxygen atoms in total. The maximum Gasteiger partial charge on any atom is 0.262 e. The second kappa shape index (κ2) is 17.0. The number of piperidine rings is 1. The Morgan fingerprint density at radius 1 is 0.873 bits per heavy atom. The highest BCUT2D eigenvalue weighted by Crippen LogP contribution is 2.34. The van der Waals surface area contributed by atoms with Gasteiger partial charge in [-0.2, -0.15) is 5.10 Å². The molecule has 6 N–H and O–H groups in total. The van der Waals surface area contributed by atoms with Gasteiger partial charge in [-0.15, -0.1) is 0 Å². The van der Waals surface area contributed by atoms with Crippen LogP contribution < -0.4 is 26.6 Å². The monoisotopic (exact) mass is 859 g/mol. The van der Waals surface area contributed by atoms with E-state index in [9.17, 15) is 37.5 Å². The van der Waals surface area contributed by atoms with Crippen molar-refractivity contribution in [1.29, 1.82) is 0 Å². The van der Waals surface area contributed by atoms with E-state index in [1.54, 1.807) is 23.1 Å². The first-order valence-electron chi connectivity index (χ1n) is 20.8. The molecule has 9 rings (SSSR count). The lowest BCUT2D eigenvalue weighted by Gasteiger charge is -2.37. The number of rotatable bonds is 10. The molecule has 63 heavy (non-hydrogen) atoms. The summed E-state index contributed by atoms with van der Waals surface area (Å²) >= 11 is 0. The van der Waals surface area contributed by atoms with Crippen molar-refractivity contribution in [3.63, 3.8) is 0 Å². The van der Waals surface area contributed by atoms with Gasteiger partial charge < -0.3 is 30.9 Å². The number of imide groups is 2. The van der Waals surface area contributed by atoms with Crippen LogP contribution in [-0.4, -0.2) is 107 Å². The zero-order chi connectivity index (χ0) is 43.9. The Morgan fingerprint density at radius 3 is 2.38 bits per heavy atom. The summed E-state index contributed by atoms with van der Waals surface area (Å²) in [5.74, 6) is -4.50. The Bertz CT molecular complexity index is 2670. The van der Waals surface area contributed by atoms with Crippen LogP contribution in [0.4, 0.5) is 26.0 Å². The molecule has 3 fully saturated rings. The highest BCUT2D eigenvalue weighted by Gasteiger charge is 2.46. The third-order valence-electron chi connectivity index (χ3n) is 12.1. The summed E-state index contributed by atoms with van der Waals surface area (Å²) in [4.78, 5) is 83.9. The molecule has 5 heterocycles. The Balaban J connectivity index is 0.895. The molecule has 324 valence electrons. The molecular weight excluding hydrogens is 817 g/mol. The first-order valence-corrected chi connectivity index (χ1v) is 20.8. The van der Waals surface area contributed by atoms with E-state index in [4.69, 9.17) is 10.5 Å². The molecule has 0 spiro atoms. The normalized spacial score (nSPS) is 18.7. The number of nitrogens with one attached hydrogen (secondary N) is 4. The highest BCUT2D eigenvalue weighted by molar-refractivity contribution is 6.24. The molecule has 4 aliphatic rings. The molecule has 4 aliphatic heterocycles. The molecule has 0 saturated carbocycles. The summed E-state index contributed by atoms with van der Waals surface area (Å²) < 4.78 is 33.4. The molecule has 0 radical (unpaired) electrons. The SMILES string of the molecule is NC(C(=O)N1CCN(c2ccc(C(=O)Nc3n[nH]c4ccc(Cc5cc(F)cc(F)c5)cc34)c(NC3CCOCC3)c2)CC1)c1cccc2c1C(=O)N(C1CCC(=O)NC1=O)C2=O. The predicted molar refractivity (Wildman–Crippen MR) is 226 cm³/mol. The highest BCUT2D eigenvalue weighted by atomic mass is 19.1. The lowest BCUT2D eigenvalue weighted by atomic mass is 9.96. The molecule has 2 atom stereocenters. The van der Waals surface area contributed by atoms with Gasteiger partial charge in [-0.3, -0.25) is 44.1 Å². The van der Waals surface area contributed by atoms with Crippen molar-refractivity contribution < 1.29 is 42.3 Å². The van der Waals surface area contributed by atoms with E-state index < -0.39 is 59.2 Å². The Kier molecular flexibility index (Phi) is 11.2. The second-order valence-corrected chi connectivity index (χ2v) is 16.1. The fourth-order valence-electron chi connectivity index (χ4n) is 8.81. The summed E-state index contributed by atoms with van der Waals surface area (Å²) in [5.41, 5.74) is 10.5. The van der Waals surface area contributed by atoms with Crippen LogP contribution in [0.3, 0.4) is 0 Å². The third-order valence-corrected chi connectivity index (χ3v) is 12.1. The fourth-order valence-corrected chi connectivity index (χ4v) is 8.81. The number of halogens is 2. The first kappa shape index (κ1) is 41.3. The topological polar surface area (TPSA) is 212 Å². The minimum atomic E-state index is -1.27. The van der Waals surface area contributed by atoms with E-state index in [0.29, 0.717) is 72.9 Å². The Morgan fingerprint density at radius 2 is 1.63 bits per heavy atom. The Hall–Kier alpha value is -7.05. The molecule has 3 saturated heterocycles. The average molecular weight is 860 g/mol. The van der Waals surface area contributed by atoms with Crippen LogP contribution in [-0.2, 0) is 25.5 Å². The summed E-state index contributed by atoms with van der Waals surface area (Å²) in [6, 6.07) is 16.5. The van der Waals surface area contributed by atoms with Crippen LogP contribution in [0.15, 0.2) is 72.8 Å². The number of carbonyl (C=O) groups excluding carboxylic acids is 6. The van der Waals surface area contributed by atoms with Crippen LogP contribution in [0.2, 0.25) is 0 Å². The summed E-state index contributed by atoms with van der Waals surface area (Å²) in [6.45, 7) is 2.61. The van der Waals surface area contributed by atoms with Gasteiger partial charge in [0.2, 0.25) is 17.7 Å². The van der Waals surface area contributed by atoms with Crippen LogP contribution in [0, 0.1) is 11.6 Å². The largest absolute Gasteiger partial charge is 0.381 e. The van der Waals surface area contributed by atoms with E-state index in [1.165, 1.54) is 24.3 Å². The van der Waals surface area contributed by atoms with Gasteiger partial charge in [0.15, 0.2) is 5.82 Å². The van der Waals surface area contributed by atoms with E-state index in [1.807, 2.05) is 24.3 Å². The number of anilines is 3. The zero-order valence-corrected chi connectivity index (χ0v) is 33.9. The van der Waals surface area contributed by atoms with Crippen molar-refractivity contribution in [2.24, 2.45) is 5.73 Å². The summed E-state index contributed by atoms with van der Waals surface area (Å²) in [5, 5.41) is 16.6. The van der Waals surface area contributed by atoms with E-state index in [2.05, 4.69) is 31.0 Å². The van der Waals surface area contributed by atoms with Gasteiger partial charge in [-0.1, -0.05) is 18.2 Å². The number of hydrogen-bond acceptors (Lipinski definition) is 11. The Labute approximate surface area is 359 Å². The van der Waals surface area contributed by atoms with E-state index >= 15 is 0 Å². The number of benzene rings is 4. The molecule has 1 aromatic heterocycles. The summed E-state index contributed by atoms with van der Waals surface area (Å²) in [6.07, 6.45) is 1.73. The number of aromatic amines is 1. The van der Waals surface area contributed by atoms with Crippen molar-refractivity contribution in [2.75, 3.05) is 54.9 Å². The lowest BCUT2D eigenvalue weighted by molar-refractivity contribution is -0.136. The molecule has 0 aliphatic carbocycles. The summed E-state index contributed by atoms with van der Waals surface area (Å²) in [7, 11) is 0. The second-order valence-electron chi connectivity index (χ2n) is 16.1. The predicted octanol–water partition coefficient (Wildman–Crippen LogP) is 4.02. The van der Waals surface area contributed by atoms with Crippen LogP contribution >= 0.6 is 0 Å². The maximum absolute atomic E-state index is 14.0. The van der Waals surface area contributed by atoms with Gasteiger partial charge in [0, 0.05) is 74.7 Å². The molecule has 2 unspecified atom stereocenters. The number of fused-ring (bicyclic) bond motifs is 2. The average Bonchev–Trinajstić information content (AvgIpc) is 3.79. The van der Waals surface area contributed by atoms with Crippen molar-refractivity contribution in [3.05, 3.63) is 118 Å². The number of carbonyl (C=O) groups is 6. The smallest absolute Gasteiger partial charge is 0.262 e. The number of nitrogens with zero attached hydrogens (tertiary/aromatic N) is 4. The molecule has 4 aromatic carbocycles. The van der Waals surface area contributed by atoms with Crippen LogP contribution in [0.1, 0.15) is 79.5 Å². The number of piperazine rings is 1. The van der Waals surface area contributed by atoms with Gasteiger partial charge in [0.05, 0.1) is 22.2 Å². The number of nitrogens with two attached hydrogens (primary N) is 1. The van der Waals surface area contributed by atoms with Gasteiger partial charge in [-0.25, -0.2) is 8.78 Å². The number of H-pyrrole nitrogens is 1. The molecule has 5 aromatic rings. The van der Waals surface area contributed by atoms with Gasteiger partial charge in [0.25, 0.3) is 17.7 Å². The maximum atomic E-state index is 14.0. The fraction of sp³-hybridized carbons (Fsp3) is 0.311. The number of ether oxygens (including phenoxy) is 1. The first-order chi connectivity index (χ1) is 30.4. The molecular formula is C45H43F2N9O7. The van der Waals surface area contributed by atoms with Crippen molar-refractivity contribution in [2.45, 2.75) is 50.2 Å². The van der Waals surface area contributed by atoms with E-state index in [-0.39, 0.29) is 42.0 Å². The van der Waals surface area contributed by atoms with Crippen molar-refractivity contribution in [1.82, 2.24) is 25.3 Å². The quantitative estimate of drug-likeness (QED) is 0.127. The standard InChI is InChI=1S/C45H43F2N9O7/c46-26-19-25(20-27(47)22-26)18-24-4-7-34-33(21-24)40(53-52-34)51-41(58)30-6-5-29(23-35(30)49-28-10-16-63-17-11-28)54-12-14-55(15-13-54)45(62)39(48)31-2-1-3-32-38(31)44(61)56(43(32)60)36-8-9-37(57)50-42(36)59/h1-7,19-23,28,36,39,49H,8-18,48H2,(H,50,57,59)(H2,51,52,53,58). The molecule has 6 amide bonds. The van der Waals surface area contributed by atoms with Crippen LogP contribution in [0.5, 0.6) is 0 Å². The van der Waals surface area contributed by atoms with Gasteiger partial charge in [-0.05, 0) is 90.9 Å². The number of aromatic nitrogens is 2. The zero-order valence-electron chi connectivity index (χ0n) is 33.9. The third kappa shape index (κ3) is 8.21. The lowest BCUT2D eigenvalue weighted by Crippen LogP contribution is -2.54. The van der Waals surface area contributed by atoms with Crippen LogP contribution in [0.25, 0.3) is 10.9 Å². The minimum absolute atomic E-state index is 0.000132. The molecule has 18 heteroatoms. The number of amides is 6. The molecule has 0 bridgehead atoms. The number of hydrogen-bond donors (Lipinski definition) is 5. The van der Waals surface area contributed by atoms with Crippen molar-refractivity contribution >= 4 is 63.5 Å².